The van der Waals surface area contributed by atoms with Crippen molar-refractivity contribution in [2.75, 3.05) is 17.3 Å². The first-order valence-electron chi connectivity index (χ1n) is 8.23. The van der Waals surface area contributed by atoms with Gasteiger partial charge in [-0.25, -0.2) is 4.90 Å². The number of anilines is 2. The standard InChI is InChI=1S/C19H16IN3O4S/c1-21-19(22-13-6-4-12(20)5-7-13)28-15-10-16(24)23(17(15)25)14-8-2-11(3-9-14)18(26)27/h2-9,15H,10H2,1H3,(H,21,22)(H,26,27)/p-1/t15-/m0/s1. The zero-order valence-electron chi connectivity index (χ0n) is 14.7. The molecule has 28 heavy (non-hydrogen) atoms. The van der Waals surface area contributed by atoms with Crippen molar-refractivity contribution in [1.29, 1.82) is 0 Å². The lowest BCUT2D eigenvalue weighted by Gasteiger charge is -2.16. The lowest BCUT2D eigenvalue weighted by molar-refractivity contribution is -0.255. The Hall–Kier alpha value is -2.40. The highest BCUT2D eigenvalue weighted by Crippen LogP contribution is 2.31. The number of carboxylic acid groups (broad SMARTS) is 1. The highest BCUT2D eigenvalue weighted by atomic mass is 127. The molecule has 1 atom stereocenters. The van der Waals surface area contributed by atoms with Crippen molar-refractivity contribution in [2.24, 2.45) is 4.99 Å². The monoisotopic (exact) mass is 508 g/mol. The van der Waals surface area contributed by atoms with E-state index >= 15 is 0 Å². The predicted molar refractivity (Wildman–Crippen MR) is 115 cm³/mol. The number of nitrogens with one attached hydrogen (secondary N) is 1. The molecule has 7 nitrogen and oxygen atoms in total. The normalized spacial score (nSPS) is 17.1. The van der Waals surface area contributed by atoms with Gasteiger partial charge in [0, 0.05) is 22.7 Å². The largest absolute Gasteiger partial charge is 0.545 e. The molecule has 2 amide bonds. The minimum Gasteiger partial charge on any atom is -0.545 e. The summed E-state index contributed by atoms with van der Waals surface area (Å²) >= 11 is 3.40. The number of aromatic carboxylic acids is 1. The number of benzene rings is 2. The third-order valence-electron chi connectivity index (χ3n) is 4.02. The van der Waals surface area contributed by atoms with E-state index in [1.165, 1.54) is 36.0 Å². The predicted octanol–water partition coefficient (Wildman–Crippen LogP) is 2.12. The van der Waals surface area contributed by atoms with Crippen LogP contribution in [0, 0.1) is 3.57 Å². The molecule has 0 bridgehead atoms. The van der Waals surface area contributed by atoms with E-state index in [0.717, 1.165) is 14.2 Å². The van der Waals surface area contributed by atoms with Crippen molar-refractivity contribution < 1.29 is 19.5 Å². The van der Waals surface area contributed by atoms with E-state index in [4.69, 9.17) is 0 Å². The van der Waals surface area contributed by atoms with Crippen molar-refractivity contribution in [3.63, 3.8) is 0 Å². The van der Waals surface area contributed by atoms with Crippen molar-refractivity contribution in [3.05, 3.63) is 57.7 Å². The number of imide groups is 1. The number of hydrogen-bond acceptors (Lipinski definition) is 6. The number of hydrogen-bond donors (Lipinski definition) is 1. The molecule has 9 heteroatoms. The molecule has 0 unspecified atom stereocenters. The molecule has 0 aliphatic carbocycles. The van der Waals surface area contributed by atoms with Gasteiger partial charge in [-0.1, -0.05) is 23.9 Å². The molecule has 1 fully saturated rings. The first-order valence-corrected chi connectivity index (χ1v) is 10.2. The zero-order valence-corrected chi connectivity index (χ0v) is 17.7. The fourth-order valence-electron chi connectivity index (χ4n) is 2.64. The van der Waals surface area contributed by atoms with Crippen LogP contribution >= 0.6 is 34.4 Å². The van der Waals surface area contributed by atoms with Crippen LogP contribution in [0.15, 0.2) is 53.5 Å². The van der Waals surface area contributed by atoms with Crippen LogP contribution in [0.25, 0.3) is 0 Å². The quantitative estimate of drug-likeness (QED) is 0.294. The van der Waals surface area contributed by atoms with Crippen LogP contribution in [0.4, 0.5) is 11.4 Å². The second kappa shape index (κ2) is 8.74. The summed E-state index contributed by atoms with van der Waals surface area (Å²) in [5.41, 5.74) is 1.15. The van der Waals surface area contributed by atoms with Crippen molar-refractivity contribution >= 4 is 68.7 Å². The van der Waals surface area contributed by atoms with Crippen LogP contribution < -0.4 is 15.3 Å². The summed E-state index contributed by atoms with van der Waals surface area (Å²) < 4.78 is 1.10. The van der Waals surface area contributed by atoms with Crippen LogP contribution in [-0.2, 0) is 9.59 Å². The highest BCUT2D eigenvalue weighted by molar-refractivity contribution is 14.1. The van der Waals surface area contributed by atoms with Gasteiger partial charge in [0.15, 0.2) is 5.17 Å². The maximum Gasteiger partial charge on any atom is 0.247 e. The number of rotatable bonds is 4. The van der Waals surface area contributed by atoms with Gasteiger partial charge in [-0.2, -0.15) is 0 Å². The van der Waals surface area contributed by atoms with Gasteiger partial charge in [0.1, 0.15) is 5.25 Å². The number of carbonyl (C=O) groups is 3. The van der Waals surface area contributed by atoms with Crippen LogP contribution in [0.1, 0.15) is 16.8 Å². The lowest BCUT2D eigenvalue weighted by atomic mass is 10.2. The minimum atomic E-state index is -1.32. The number of amides is 2. The Morgan fingerprint density at radius 1 is 1.18 bits per heavy atom. The molecule has 3 rings (SSSR count). The van der Waals surface area contributed by atoms with Crippen molar-refractivity contribution in [2.45, 2.75) is 11.7 Å². The maximum absolute atomic E-state index is 12.8. The summed E-state index contributed by atoms with van der Waals surface area (Å²) in [6.07, 6.45) is 0.0408. The maximum atomic E-state index is 12.8. The first kappa shape index (κ1) is 20.3. The molecule has 1 aliphatic rings. The molecule has 2 aromatic carbocycles. The summed E-state index contributed by atoms with van der Waals surface area (Å²) in [5.74, 6) is -2.01. The molecule has 0 radical (unpaired) electrons. The Morgan fingerprint density at radius 2 is 1.82 bits per heavy atom. The average Bonchev–Trinajstić information content (AvgIpc) is 2.96. The smallest absolute Gasteiger partial charge is 0.247 e. The van der Waals surface area contributed by atoms with E-state index in [1.807, 2.05) is 24.3 Å². The average molecular weight is 508 g/mol. The second-order valence-electron chi connectivity index (χ2n) is 5.87. The Balaban J connectivity index is 1.71. The second-order valence-corrected chi connectivity index (χ2v) is 8.31. The fraction of sp³-hybridized carbons (Fsp3) is 0.158. The molecule has 1 heterocycles. The number of aliphatic imine (C=N–C) groups is 1. The van der Waals surface area contributed by atoms with Gasteiger partial charge in [-0.3, -0.25) is 14.6 Å². The number of thioether (sulfide) groups is 1. The van der Waals surface area contributed by atoms with E-state index in [2.05, 4.69) is 32.9 Å². The minimum absolute atomic E-state index is 0.0177. The number of carboxylic acids is 1. The molecule has 1 saturated heterocycles. The van der Waals surface area contributed by atoms with Gasteiger partial charge in [0.25, 0.3) is 0 Å². The van der Waals surface area contributed by atoms with E-state index in [0.29, 0.717) is 10.9 Å². The summed E-state index contributed by atoms with van der Waals surface area (Å²) in [6, 6.07) is 13.2. The van der Waals surface area contributed by atoms with Crippen molar-refractivity contribution in [1.82, 2.24) is 0 Å². The molecule has 0 saturated carbocycles. The van der Waals surface area contributed by atoms with Crippen LogP contribution in [0.3, 0.4) is 0 Å². The summed E-state index contributed by atoms with van der Waals surface area (Å²) in [4.78, 5) is 41.2. The summed E-state index contributed by atoms with van der Waals surface area (Å²) in [7, 11) is 1.61. The molecular weight excluding hydrogens is 493 g/mol. The van der Waals surface area contributed by atoms with Gasteiger partial charge in [0.2, 0.25) is 11.8 Å². The van der Waals surface area contributed by atoms with E-state index in [-0.39, 0.29) is 23.8 Å². The van der Waals surface area contributed by atoms with Gasteiger partial charge in [-0.15, -0.1) is 0 Å². The molecular formula is C19H15IN3O4S-. The third kappa shape index (κ3) is 4.53. The Bertz CT molecular complexity index is 945. The SMILES string of the molecule is CN=C(Nc1ccc(I)cc1)S[C@H]1CC(=O)N(c2ccc(C(=O)[O-])cc2)C1=O. The van der Waals surface area contributed by atoms with Crippen molar-refractivity contribution in [3.8, 4) is 0 Å². The van der Waals surface area contributed by atoms with E-state index in [9.17, 15) is 19.5 Å². The number of amidine groups is 1. The highest BCUT2D eigenvalue weighted by Gasteiger charge is 2.40. The van der Waals surface area contributed by atoms with Crippen LogP contribution in [0.2, 0.25) is 0 Å². The Labute approximate surface area is 179 Å². The molecule has 144 valence electrons. The molecule has 0 aromatic heterocycles. The lowest BCUT2D eigenvalue weighted by Crippen LogP contribution is -2.32. The van der Waals surface area contributed by atoms with Crippen LogP contribution in [-0.4, -0.2) is 35.2 Å². The molecule has 1 aliphatic heterocycles. The fourth-order valence-corrected chi connectivity index (χ4v) is 3.99. The van der Waals surface area contributed by atoms with Gasteiger partial charge in [0.05, 0.1) is 11.7 Å². The third-order valence-corrected chi connectivity index (χ3v) is 5.90. The van der Waals surface area contributed by atoms with Gasteiger partial charge in [-0.05, 0) is 64.6 Å². The number of nitrogens with zero attached hydrogens (tertiary/aromatic N) is 2. The van der Waals surface area contributed by atoms with Gasteiger partial charge >= 0.3 is 0 Å². The molecule has 1 N–H and O–H groups in total. The zero-order chi connectivity index (χ0) is 20.3. The Morgan fingerprint density at radius 3 is 2.39 bits per heavy atom. The molecule has 2 aromatic rings. The van der Waals surface area contributed by atoms with Crippen LogP contribution in [0.5, 0.6) is 0 Å². The first-order chi connectivity index (χ1) is 13.4. The van der Waals surface area contributed by atoms with Gasteiger partial charge < -0.3 is 15.2 Å². The molecule has 0 spiro atoms. The van der Waals surface area contributed by atoms with E-state index < -0.39 is 11.2 Å². The number of halogens is 1. The Kier molecular flexibility index (Phi) is 6.35. The summed E-state index contributed by atoms with van der Waals surface area (Å²) in [6.45, 7) is 0. The van der Waals surface area contributed by atoms with E-state index in [1.54, 1.807) is 7.05 Å². The topological polar surface area (TPSA) is 102 Å². The number of carbonyl (C=O) groups excluding carboxylic acids is 3. The summed E-state index contributed by atoms with van der Waals surface area (Å²) in [5, 5.41) is 13.9.